The van der Waals surface area contributed by atoms with E-state index in [-0.39, 0.29) is 11.9 Å². The predicted molar refractivity (Wildman–Crippen MR) is 87.2 cm³/mol. The van der Waals surface area contributed by atoms with Crippen LogP contribution in [0.4, 0.5) is 4.39 Å². The van der Waals surface area contributed by atoms with Crippen LogP contribution in [0, 0.1) is 5.82 Å². The molecule has 4 rings (SSSR count). The highest BCUT2D eigenvalue weighted by atomic mass is 19.1. The molecule has 0 aliphatic carbocycles. The Bertz CT molecular complexity index is 790. The first-order chi connectivity index (χ1) is 11.3. The van der Waals surface area contributed by atoms with Gasteiger partial charge >= 0.3 is 0 Å². The van der Waals surface area contributed by atoms with E-state index >= 15 is 0 Å². The van der Waals surface area contributed by atoms with E-state index in [1.807, 2.05) is 12.1 Å². The van der Waals surface area contributed by atoms with Crippen LogP contribution >= 0.6 is 0 Å². The Morgan fingerprint density at radius 2 is 1.78 bits per heavy atom. The van der Waals surface area contributed by atoms with Crippen LogP contribution in [-0.4, -0.2) is 21.7 Å². The molecule has 1 aliphatic heterocycles. The van der Waals surface area contributed by atoms with E-state index in [0.717, 1.165) is 47.5 Å². The Balaban J connectivity index is 1.87. The van der Waals surface area contributed by atoms with Gasteiger partial charge in [0.1, 0.15) is 11.5 Å². The summed E-state index contributed by atoms with van der Waals surface area (Å²) in [4.78, 5) is 4.10. The summed E-state index contributed by atoms with van der Waals surface area (Å²) in [6, 6.07) is 10.7. The van der Waals surface area contributed by atoms with Crippen LogP contribution in [0.1, 0.15) is 24.6 Å². The topological polar surface area (TPSA) is 53.6 Å². The first kappa shape index (κ1) is 14.1. The molecular weight excluding hydrogens is 291 g/mol. The first-order valence-corrected chi connectivity index (χ1v) is 7.81. The molecular formula is C18H17FN4. The Hall–Kier alpha value is -2.53. The van der Waals surface area contributed by atoms with Gasteiger partial charge in [0.25, 0.3) is 0 Å². The van der Waals surface area contributed by atoms with E-state index in [1.165, 1.54) is 12.1 Å². The number of nitrogens with one attached hydrogen (secondary N) is 2. The zero-order valence-electron chi connectivity index (χ0n) is 12.6. The van der Waals surface area contributed by atoms with Gasteiger partial charge in [0, 0.05) is 29.6 Å². The van der Waals surface area contributed by atoms with E-state index in [9.17, 15) is 4.39 Å². The molecule has 3 heterocycles. The largest absolute Gasteiger partial charge is 0.309 e. The zero-order chi connectivity index (χ0) is 15.6. The zero-order valence-corrected chi connectivity index (χ0v) is 12.6. The highest BCUT2D eigenvalue weighted by Gasteiger charge is 2.25. The molecule has 0 spiro atoms. The number of hydrogen-bond acceptors (Lipinski definition) is 3. The number of aromatic amines is 1. The maximum atomic E-state index is 13.2. The van der Waals surface area contributed by atoms with E-state index < -0.39 is 0 Å². The number of pyridine rings is 1. The van der Waals surface area contributed by atoms with Crippen molar-refractivity contribution < 1.29 is 4.39 Å². The number of benzene rings is 1. The van der Waals surface area contributed by atoms with E-state index in [4.69, 9.17) is 0 Å². The van der Waals surface area contributed by atoms with Crippen molar-refractivity contribution in [2.45, 2.75) is 18.9 Å². The lowest BCUT2D eigenvalue weighted by Crippen LogP contribution is -2.14. The van der Waals surface area contributed by atoms with Gasteiger partial charge in [0.15, 0.2) is 0 Å². The summed E-state index contributed by atoms with van der Waals surface area (Å²) in [6.45, 7) is 1.02. The van der Waals surface area contributed by atoms with Gasteiger partial charge < -0.3 is 5.32 Å². The highest BCUT2D eigenvalue weighted by molar-refractivity contribution is 5.82. The molecule has 5 heteroatoms. The van der Waals surface area contributed by atoms with E-state index in [0.29, 0.717) is 0 Å². The molecule has 1 saturated heterocycles. The molecule has 1 atom stereocenters. The van der Waals surface area contributed by atoms with Gasteiger partial charge in [-0.2, -0.15) is 5.10 Å². The molecule has 23 heavy (non-hydrogen) atoms. The minimum atomic E-state index is -0.243. The monoisotopic (exact) mass is 308 g/mol. The number of aromatic nitrogens is 3. The summed E-state index contributed by atoms with van der Waals surface area (Å²) in [5.74, 6) is -0.243. The molecule has 0 bridgehead atoms. The number of halogens is 1. The summed E-state index contributed by atoms with van der Waals surface area (Å²) in [7, 11) is 0. The van der Waals surface area contributed by atoms with Crippen molar-refractivity contribution in [3.63, 3.8) is 0 Å². The molecule has 0 radical (unpaired) electrons. The summed E-state index contributed by atoms with van der Waals surface area (Å²) in [5.41, 5.74) is 4.97. The quantitative estimate of drug-likeness (QED) is 0.775. The van der Waals surface area contributed by atoms with Crippen molar-refractivity contribution in [3.05, 3.63) is 60.3 Å². The normalized spacial score (nSPS) is 17.5. The average Bonchev–Trinajstić information content (AvgIpc) is 3.25. The second-order valence-electron chi connectivity index (χ2n) is 5.75. The first-order valence-electron chi connectivity index (χ1n) is 7.81. The van der Waals surface area contributed by atoms with Crippen molar-refractivity contribution in [2.75, 3.05) is 6.54 Å². The Labute approximate surface area is 133 Å². The van der Waals surface area contributed by atoms with Gasteiger partial charge in [-0.25, -0.2) is 4.39 Å². The number of rotatable bonds is 3. The van der Waals surface area contributed by atoms with Crippen molar-refractivity contribution >= 4 is 0 Å². The highest BCUT2D eigenvalue weighted by Crippen LogP contribution is 2.37. The second-order valence-corrected chi connectivity index (χ2v) is 5.75. The standard InChI is InChI=1S/C18H17FN4/c19-14-5-3-13(4-6-14)17-16(12-7-10-20-11-8-12)18(23-22-17)15-2-1-9-21-15/h3-8,10-11,15,21H,1-2,9H2,(H,22,23)/t15-/m0/s1. The van der Waals surface area contributed by atoms with Crippen LogP contribution in [-0.2, 0) is 0 Å². The molecule has 3 aromatic rings. The summed E-state index contributed by atoms with van der Waals surface area (Å²) in [6.07, 6.45) is 5.81. The SMILES string of the molecule is Fc1ccc(-c2n[nH]c([C@@H]3CCCN3)c2-c2ccncc2)cc1. The third kappa shape index (κ3) is 2.64. The smallest absolute Gasteiger partial charge is 0.123 e. The lowest BCUT2D eigenvalue weighted by Gasteiger charge is -2.12. The van der Waals surface area contributed by atoms with Crippen LogP contribution in [0.15, 0.2) is 48.8 Å². The molecule has 1 fully saturated rings. The fraction of sp³-hybridized carbons (Fsp3) is 0.222. The maximum absolute atomic E-state index is 13.2. The molecule has 4 nitrogen and oxygen atoms in total. The molecule has 0 unspecified atom stereocenters. The van der Waals surface area contributed by atoms with Crippen LogP contribution in [0.5, 0.6) is 0 Å². The molecule has 0 saturated carbocycles. The third-order valence-corrected chi connectivity index (χ3v) is 4.29. The summed E-state index contributed by atoms with van der Waals surface area (Å²) >= 11 is 0. The van der Waals surface area contributed by atoms with Crippen LogP contribution in [0.3, 0.4) is 0 Å². The Morgan fingerprint density at radius 1 is 1.00 bits per heavy atom. The Morgan fingerprint density at radius 3 is 2.48 bits per heavy atom. The minimum Gasteiger partial charge on any atom is -0.309 e. The third-order valence-electron chi connectivity index (χ3n) is 4.29. The van der Waals surface area contributed by atoms with Gasteiger partial charge in [0.2, 0.25) is 0 Å². The maximum Gasteiger partial charge on any atom is 0.123 e. The van der Waals surface area contributed by atoms with Crippen molar-refractivity contribution in [1.82, 2.24) is 20.5 Å². The van der Waals surface area contributed by atoms with Crippen molar-refractivity contribution in [3.8, 4) is 22.4 Å². The van der Waals surface area contributed by atoms with Crippen LogP contribution in [0.2, 0.25) is 0 Å². The summed E-state index contributed by atoms with van der Waals surface area (Å²) in [5, 5.41) is 11.2. The summed E-state index contributed by atoms with van der Waals surface area (Å²) < 4.78 is 13.2. The van der Waals surface area contributed by atoms with Crippen LogP contribution < -0.4 is 5.32 Å². The number of H-pyrrole nitrogens is 1. The van der Waals surface area contributed by atoms with Gasteiger partial charge in [-0.3, -0.25) is 10.1 Å². The fourth-order valence-corrected chi connectivity index (χ4v) is 3.17. The molecule has 116 valence electrons. The van der Waals surface area contributed by atoms with Gasteiger partial charge in [0.05, 0.1) is 5.69 Å². The molecule has 1 aromatic carbocycles. The van der Waals surface area contributed by atoms with Crippen molar-refractivity contribution in [2.24, 2.45) is 0 Å². The van der Waals surface area contributed by atoms with Crippen LogP contribution in [0.25, 0.3) is 22.4 Å². The molecule has 2 N–H and O–H groups in total. The lowest BCUT2D eigenvalue weighted by molar-refractivity contribution is 0.626. The predicted octanol–water partition coefficient (Wildman–Crippen LogP) is 3.70. The van der Waals surface area contributed by atoms with Gasteiger partial charge in [-0.05, 0) is 61.3 Å². The molecule has 1 aliphatic rings. The molecule has 0 amide bonds. The fourth-order valence-electron chi connectivity index (χ4n) is 3.17. The second kappa shape index (κ2) is 5.93. The lowest BCUT2D eigenvalue weighted by atomic mass is 9.96. The van der Waals surface area contributed by atoms with E-state index in [2.05, 4.69) is 20.5 Å². The van der Waals surface area contributed by atoms with Crippen molar-refractivity contribution in [1.29, 1.82) is 0 Å². The van der Waals surface area contributed by atoms with Gasteiger partial charge in [-0.15, -0.1) is 0 Å². The number of hydrogen-bond donors (Lipinski definition) is 2. The average molecular weight is 308 g/mol. The van der Waals surface area contributed by atoms with Gasteiger partial charge in [-0.1, -0.05) is 0 Å². The van der Waals surface area contributed by atoms with E-state index in [1.54, 1.807) is 24.5 Å². The number of nitrogens with zero attached hydrogens (tertiary/aromatic N) is 2. The minimum absolute atomic E-state index is 0.243. The molecule has 2 aromatic heterocycles. The Kier molecular flexibility index (Phi) is 3.63.